The second-order valence-corrected chi connectivity index (χ2v) is 5.01. The van der Waals surface area contributed by atoms with Crippen molar-refractivity contribution in [3.63, 3.8) is 0 Å². The maximum Gasteiger partial charge on any atom is 0.248 e. The van der Waals surface area contributed by atoms with E-state index in [1.807, 2.05) is 0 Å². The van der Waals surface area contributed by atoms with Gasteiger partial charge in [-0.25, -0.2) is 4.98 Å². The summed E-state index contributed by atoms with van der Waals surface area (Å²) in [4.78, 5) is 10.4. The quantitative estimate of drug-likeness (QED) is 0.938. The van der Waals surface area contributed by atoms with Crippen LogP contribution in [-0.4, -0.2) is 36.3 Å². The van der Waals surface area contributed by atoms with E-state index < -0.39 is 0 Å². The minimum absolute atomic E-state index is 0.177. The Morgan fingerprint density at radius 3 is 2.62 bits per heavy atom. The number of nitrogen functional groups attached to an aromatic ring is 1. The van der Waals surface area contributed by atoms with Crippen LogP contribution in [0, 0.1) is 0 Å². The number of hydrogen-bond acceptors (Lipinski definition) is 6. The lowest BCUT2D eigenvalue weighted by atomic mass is 10.3. The Morgan fingerprint density at radius 2 is 1.90 bits per heavy atom. The van der Waals surface area contributed by atoms with Crippen LogP contribution in [0.5, 0.6) is 11.6 Å². The van der Waals surface area contributed by atoms with E-state index in [4.69, 9.17) is 26.8 Å². The molecule has 1 aromatic carbocycles. The van der Waals surface area contributed by atoms with Crippen LogP contribution < -0.4 is 15.4 Å². The Balaban J connectivity index is 1.88. The van der Waals surface area contributed by atoms with E-state index in [1.54, 1.807) is 30.5 Å². The maximum atomic E-state index is 5.87. The number of anilines is 2. The van der Waals surface area contributed by atoms with Crippen LogP contribution in [0.2, 0.25) is 5.02 Å². The third-order valence-corrected chi connectivity index (χ3v) is 3.39. The molecule has 0 atom stereocenters. The zero-order chi connectivity index (χ0) is 14.7. The lowest BCUT2D eigenvalue weighted by Gasteiger charge is -2.29. The van der Waals surface area contributed by atoms with Crippen LogP contribution in [0.4, 0.5) is 11.6 Å². The molecule has 0 radical (unpaired) electrons. The topological polar surface area (TPSA) is 73.5 Å². The zero-order valence-electron chi connectivity index (χ0n) is 11.3. The number of nitrogens with two attached hydrogens (primary N) is 1. The average molecular weight is 307 g/mol. The van der Waals surface area contributed by atoms with Crippen molar-refractivity contribution in [2.45, 2.75) is 0 Å². The van der Waals surface area contributed by atoms with E-state index in [2.05, 4.69) is 14.9 Å². The summed E-state index contributed by atoms with van der Waals surface area (Å²) in [5.74, 6) is 1.26. The molecule has 21 heavy (non-hydrogen) atoms. The van der Waals surface area contributed by atoms with Crippen molar-refractivity contribution < 1.29 is 9.47 Å². The lowest BCUT2D eigenvalue weighted by Crippen LogP contribution is -2.36. The van der Waals surface area contributed by atoms with Crippen molar-refractivity contribution >= 4 is 23.2 Å². The van der Waals surface area contributed by atoms with Crippen molar-refractivity contribution in [2.75, 3.05) is 36.9 Å². The molecule has 2 N–H and O–H groups in total. The van der Waals surface area contributed by atoms with Gasteiger partial charge in [0.15, 0.2) is 0 Å². The van der Waals surface area contributed by atoms with Crippen molar-refractivity contribution in [1.29, 1.82) is 0 Å². The van der Waals surface area contributed by atoms with Crippen molar-refractivity contribution in [3.8, 4) is 11.6 Å². The molecule has 0 spiro atoms. The molecular weight excluding hydrogens is 292 g/mol. The largest absolute Gasteiger partial charge is 0.437 e. The predicted octanol–water partition coefficient (Wildman–Crippen LogP) is 2.34. The molecule has 110 valence electrons. The molecule has 1 aliphatic rings. The van der Waals surface area contributed by atoms with E-state index >= 15 is 0 Å². The fourth-order valence-electron chi connectivity index (χ4n) is 2.08. The molecular formula is C14H15ClN4O2. The molecule has 2 aromatic rings. The number of aromatic nitrogens is 2. The van der Waals surface area contributed by atoms with Crippen molar-refractivity contribution in [3.05, 3.63) is 35.5 Å². The summed E-state index contributed by atoms with van der Waals surface area (Å²) in [5.41, 5.74) is 6.48. The predicted molar refractivity (Wildman–Crippen MR) is 81.0 cm³/mol. The Hall–Kier alpha value is -2.05. The van der Waals surface area contributed by atoms with Crippen LogP contribution in [0.15, 0.2) is 30.5 Å². The summed E-state index contributed by atoms with van der Waals surface area (Å²) < 4.78 is 11.2. The Morgan fingerprint density at radius 1 is 1.19 bits per heavy atom. The van der Waals surface area contributed by atoms with E-state index in [1.165, 1.54) is 0 Å². The van der Waals surface area contributed by atoms with Gasteiger partial charge in [0.25, 0.3) is 0 Å². The first-order chi connectivity index (χ1) is 10.2. The summed E-state index contributed by atoms with van der Waals surface area (Å²) in [5, 5.41) is 0.651. The van der Waals surface area contributed by atoms with Crippen LogP contribution in [0.3, 0.4) is 0 Å². The monoisotopic (exact) mass is 306 g/mol. The summed E-state index contributed by atoms with van der Waals surface area (Å²) in [7, 11) is 0. The second kappa shape index (κ2) is 6.15. The summed E-state index contributed by atoms with van der Waals surface area (Å²) in [6, 6.07) is 7.08. The van der Waals surface area contributed by atoms with E-state index in [-0.39, 0.29) is 5.95 Å². The van der Waals surface area contributed by atoms with Gasteiger partial charge in [0.1, 0.15) is 11.4 Å². The molecule has 1 aliphatic heterocycles. The Labute approximate surface area is 127 Å². The highest BCUT2D eigenvalue weighted by Crippen LogP contribution is 2.31. The molecule has 0 aliphatic carbocycles. The van der Waals surface area contributed by atoms with Gasteiger partial charge in [0, 0.05) is 18.1 Å². The van der Waals surface area contributed by atoms with Crippen molar-refractivity contribution in [2.24, 2.45) is 0 Å². The lowest BCUT2D eigenvalue weighted by molar-refractivity contribution is 0.122. The molecule has 1 saturated heterocycles. The number of morpholine rings is 1. The maximum absolute atomic E-state index is 5.87. The number of benzene rings is 1. The van der Waals surface area contributed by atoms with Crippen LogP contribution in [-0.2, 0) is 4.74 Å². The average Bonchev–Trinajstić information content (AvgIpc) is 2.51. The first-order valence-electron chi connectivity index (χ1n) is 6.61. The van der Waals surface area contributed by atoms with Gasteiger partial charge >= 0.3 is 0 Å². The van der Waals surface area contributed by atoms with Crippen molar-refractivity contribution in [1.82, 2.24) is 9.97 Å². The van der Waals surface area contributed by atoms with Gasteiger partial charge in [-0.05, 0) is 24.3 Å². The summed E-state index contributed by atoms with van der Waals surface area (Å²) >= 11 is 5.87. The summed E-state index contributed by atoms with van der Waals surface area (Å²) in [6.45, 7) is 2.88. The fraction of sp³-hybridized carbons (Fsp3) is 0.286. The SMILES string of the molecule is Nc1ncc(N2CCOCC2)c(Oc2ccc(Cl)cc2)n1. The molecule has 0 unspecified atom stereocenters. The Kier molecular flexibility index (Phi) is 4.08. The summed E-state index contributed by atoms with van der Waals surface area (Å²) in [6.07, 6.45) is 1.68. The highest BCUT2D eigenvalue weighted by Gasteiger charge is 2.18. The third-order valence-electron chi connectivity index (χ3n) is 3.13. The Bertz CT molecular complexity index is 615. The highest BCUT2D eigenvalue weighted by molar-refractivity contribution is 6.30. The minimum Gasteiger partial charge on any atom is -0.437 e. The van der Waals surface area contributed by atoms with Gasteiger partial charge in [-0.2, -0.15) is 4.98 Å². The standard InChI is InChI=1S/C14H15ClN4O2/c15-10-1-3-11(4-2-10)21-13-12(9-17-14(16)18-13)19-5-7-20-8-6-19/h1-4,9H,5-8H2,(H2,16,17,18). The van der Waals surface area contributed by atoms with Crippen LogP contribution >= 0.6 is 11.6 Å². The number of nitrogens with zero attached hydrogens (tertiary/aromatic N) is 3. The molecule has 7 heteroatoms. The number of halogens is 1. The van der Waals surface area contributed by atoms with Gasteiger partial charge in [0.2, 0.25) is 11.8 Å². The van der Waals surface area contributed by atoms with E-state index in [0.29, 0.717) is 29.9 Å². The smallest absolute Gasteiger partial charge is 0.248 e. The molecule has 1 fully saturated rings. The van der Waals surface area contributed by atoms with E-state index in [9.17, 15) is 0 Å². The molecule has 6 nitrogen and oxygen atoms in total. The van der Waals surface area contributed by atoms with Gasteiger partial charge in [-0.1, -0.05) is 11.6 Å². The first kappa shape index (κ1) is 13.9. The number of rotatable bonds is 3. The third kappa shape index (κ3) is 3.34. The van der Waals surface area contributed by atoms with Gasteiger partial charge in [-0.3, -0.25) is 0 Å². The van der Waals surface area contributed by atoms with Gasteiger partial charge < -0.3 is 20.1 Å². The number of hydrogen-bond donors (Lipinski definition) is 1. The molecule has 0 saturated carbocycles. The van der Waals surface area contributed by atoms with Crippen LogP contribution in [0.1, 0.15) is 0 Å². The first-order valence-corrected chi connectivity index (χ1v) is 6.99. The van der Waals surface area contributed by atoms with Gasteiger partial charge in [0.05, 0.1) is 19.4 Å². The normalized spacial score (nSPS) is 15.0. The molecule has 1 aromatic heterocycles. The van der Waals surface area contributed by atoms with Gasteiger partial charge in [-0.15, -0.1) is 0 Å². The van der Waals surface area contributed by atoms with Crippen LogP contribution in [0.25, 0.3) is 0 Å². The fourth-order valence-corrected chi connectivity index (χ4v) is 2.21. The molecule has 2 heterocycles. The highest BCUT2D eigenvalue weighted by atomic mass is 35.5. The number of ether oxygens (including phenoxy) is 2. The minimum atomic E-state index is 0.177. The second-order valence-electron chi connectivity index (χ2n) is 4.57. The molecule has 3 rings (SSSR count). The van der Waals surface area contributed by atoms with E-state index in [0.717, 1.165) is 18.8 Å². The molecule has 0 amide bonds. The molecule has 0 bridgehead atoms. The zero-order valence-corrected chi connectivity index (χ0v) is 12.1.